The van der Waals surface area contributed by atoms with Crippen LogP contribution in [0.2, 0.25) is 0 Å². The standard InChI is InChI=1S/C19H21F2N3O.2ClH/c20-15-6-7-16(21)18(12-15)23-8-10-24(11-9-23)19(25)13-17(22)14-4-2-1-3-5-14;;/h1-7,12,17H,8-11,13,22H2;2*1H. The molecule has 0 aromatic heterocycles. The Labute approximate surface area is 170 Å². The summed E-state index contributed by atoms with van der Waals surface area (Å²) in [4.78, 5) is 15.9. The summed E-state index contributed by atoms with van der Waals surface area (Å²) in [6, 6.07) is 12.6. The fraction of sp³-hybridized carbons (Fsp3) is 0.316. The molecule has 27 heavy (non-hydrogen) atoms. The second kappa shape index (κ2) is 10.4. The molecule has 148 valence electrons. The van der Waals surface area contributed by atoms with E-state index in [1.165, 1.54) is 6.07 Å². The summed E-state index contributed by atoms with van der Waals surface area (Å²) < 4.78 is 27.2. The maximum Gasteiger partial charge on any atom is 0.224 e. The van der Waals surface area contributed by atoms with E-state index in [1.54, 1.807) is 9.80 Å². The molecule has 2 aromatic rings. The minimum absolute atomic E-state index is 0. The molecule has 0 saturated carbocycles. The van der Waals surface area contributed by atoms with E-state index in [0.717, 1.165) is 17.7 Å². The molecule has 1 heterocycles. The number of amides is 1. The first-order valence-electron chi connectivity index (χ1n) is 8.33. The largest absolute Gasteiger partial charge is 0.366 e. The van der Waals surface area contributed by atoms with Crippen molar-refractivity contribution in [2.75, 3.05) is 31.1 Å². The average molecular weight is 418 g/mol. The minimum atomic E-state index is -0.469. The number of halogens is 4. The Morgan fingerprint density at radius 2 is 1.63 bits per heavy atom. The molecule has 1 atom stereocenters. The van der Waals surface area contributed by atoms with E-state index in [-0.39, 0.29) is 48.9 Å². The van der Waals surface area contributed by atoms with E-state index in [0.29, 0.717) is 26.2 Å². The number of benzene rings is 2. The molecule has 1 aliphatic heterocycles. The van der Waals surface area contributed by atoms with Gasteiger partial charge in [0.15, 0.2) is 0 Å². The van der Waals surface area contributed by atoms with Crippen molar-refractivity contribution in [2.24, 2.45) is 5.73 Å². The van der Waals surface area contributed by atoms with Gasteiger partial charge in [-0.3, -0.25) is 4.79 Å². The summed E-state index contributed by atoms with van der Waals surface area (Å²) in [7, 11) is 0. The number of nitrogens with zero attached hydrogens (tertiary/aromatic N) is 2. The monoisotopic (exact) mass is 417 g/mol. The minimum Gasteiger partial charge on any atom is -0.366 e. The van der Waals surface area contributed by atoms with Gasteiger partial charge in [-0.25, -0.2) is 8.78 Å². The van der Waals surface area contributed by atoms with Crippen LogP contribution in [0.3, 0.4) is 0 Å². The second-order valence-electron chi connectivity index (χ2n) is 6.18. The van der Waals surface area contributed by atoms with Crippen LogP contribution in [0.1, 0.15) is 18.0 Å². The number of anilines is 1. The SMILES string of the molecule is Cl.Cl.NC(CC(=O)N1CCN(c2cc(F)ccc2F)CC1)c1ccccc1. The fourth-order valence-corrected chi connectivity index (χ4v) is 3.06. The first-order chi connectivity index (χ1) is 12.0. The van der Waals surface area contributed by atoms with Gasteiger partial charge in [0.05, 0.1) is 5.69 Å². The highest BCUT2D eigenvalue weighted by Gasteiger charge is 2.24. The summed E-state index contributed by atoms with van der Waals surface area (Å²) >= 11 is 0. The van der Waals surface area contributed by atoms with Crippen LogP contribution in [0.25, 0.3) is 0 Å². The lowest BCUT2D eigenvalue weighted by Gasteiger charge is -2.36. The molecular formula is C19H23Cl2F2N3O. The lowest BCUT2D eigenvalue weighted by Crippen LogP contribution is -2.49. The van der Waals surface area contributed by atoms with Crippen LogP contribution < -0.4 is 10.6 Å². The predicted octanol–water partition coefficient (Wildman–Crippen LogP) is 3.55. The first kappa shape index (κ1) is 23.1. The van der Waals surface area contributed by atoms with Crippen LogP contribution in [-0.2, 0) is 4.79 Å². The number of hydrogen-bond donors (Lipinski definition) is 1. The van der Waals surface area contributed by atoms with E-state index >= 15 is 0 Å². The van der Waals surface area contributed by atoms with Crippen LogP contribution >= 0.6 is 24.8 Å². The smallest absolute Gasteiger partial charge is 0.224 e. The molecule has 0 radical (unpaired) electrons. The molecule has 3 rings (SSSR count). The quantitative estimate of drug-likeness (QED) is 0.827. The zero-order chi connectivity index (χ0) is 17.8. The number of piperazine rings is 1. The topological polar surface area (TPSA) is 49.6 Å². The molecular weight excluding hydrogens is 395 g/mol. The number of carbonyl (C=O) groups is 1. The molecule has 0 spiro atoms. The van der Waals surface area contributed by atoms with Crippen molar-refractivity contribution >= 4 is 36.4 Å². The van der Waals surface area contributed by atoms with Crippen molar-refractivity contribution < 1.29 is 13.6 Å². The molecule has 1 aliphatic rings. The lowest BCUT2D eigenvalue weighted by molar-refractivity contribution is -0.131. The predicted molar refractivity (Wildman–Crippen MR) is 108 cm³/mol. The van der Waals surface area contributed by atoms with Crippen LogP contribution in [0.4, 0.5) is 14.5 Å². The summed E-state index contributed by atoms with van der Waals surface area (Å²) in [5, 5.41) is 0. The van der Waals surface area contributed by atoms with E-state index < -0.39 is 11.6 Å². The Morgan fingerprint density at radius 3 is 2.26 bits per heavy atom. The van der Waals surface area contributed by atoms with Crippen molar-refractivity contribution in [1.29, 1.82) is 0 Å². The normalized spacial score (nSPS) is 14.8. The molecule has 4 nitrogen and oxygen atoms in total. The zero-order valence-electron chi connectivity index (χ0n) is 14.7. The Bertz CT molecular complexity index is 741. The van der Waals surface area contributed by atoms with Gasteiger partial charge in [0.1, 0.15) is 11.6 Å². The van der Waals surface area contributed by atoms with E-state index in [1.807, 2.05) is 30.3 Å². The summed E-state index contributed by atoms with van der Waals surface area (Å²) in [6.07, 6.45) is 0.234. The Kier molecular flexibility index (Phi) is 8.96. The highest BCUT2D eigenvalue weighted by atomic mass is 35.5. The molecule has 2 N–H and O–H groups in total. The lowest BCUT2D eigenvalue weighted by atomic mass is 10.0. The van der Waals surface area contributed by atoms with Crippen molar-refractivity contribution in [3.8, 4) is 0 Å². The molecule has 1 fully saturated rings. The van der Waals surface area contributed by atoms with E-state index in [2.05, 4.69) is 0 Å². The Balaban J connectivity index is 0.00000182. The van der Waals surface area contributed by atoms with Crippen LogP contribution in [0.15, 0.2) is 48.5 Å². The van der Waals surface area contributed by atoms with Crippen molar-refractivity contribution in [3.63, 3.8) is 0 Å². The van der Waals surface area contributed by atoms with Crippen LogP contribution in [0.5, 0.6) is 0 Å². The van der Waals surface area contributed by atoms with E-state index in [4.69, 9.17) is 5.73 Å². The molecule has 8 heteroatoms. The van der Waals surface area contributed by atoms with Gasteiger partial charge < -0.3 is 15.5 Å². The van der Waals surface area contributed by atoms with Gasteiger partial charge in [-0.2, -0.15) is 0 Å². The maximum absolute atomic E-state index is 13.9. The van der Waals surface area contributed by atoms with Gasteiger partial charge in [-0.15, -0.1) is 24.8 Å². The van der Waals surface area contributed by atoms with Gasteiger partial charge in [-0.1, -0.05) is 30.3 Å². The van der Waals surface area contributed by atoms with Crippen LogP contribution in [0, 0.1) is 11.6 Å². The first-order valence-corrected chi connectivity index (χ1v) is 8.33. The maximum atomic E-state index is 13.9. The third-order valence-electron chi connectivity index (χ3n) is 4.50. The van der Waals surface area contributed by atoms with E-state index in [9.17, 15) is 13.6 Å². The van der Waals surface area contributed by atoms with Crippen molar-refractivity contribution in [2.45, 2.75) is 12.5 Å². The highest BCUT2D eigenvalue weighted by molar-refractivity contribution is 5.85. The third-order valence-corrected chi connectivity index (χ3v) is 4.50. The molecule has 0 bridgehead atoms. The zero-order valence-corrected chi connectivity index (χ0v) is 16.3. The average Bonchev–Trinajstić information content (AvgIpc) is 2.64. The number of hydrogen-bond acceptors (Lipinski definition) is 3. The molecule has 0 aliphatic carbocycles. The van der Waals surface area contributed by atoms with Crippen molar-refractivity contribution in [3.05, 3.63) is 65.7 Å². The van der Waals surface area contributed by atoms with Crippen molar-refractivity contribution in [1.82, 2.24) is 4.90 Å². The second-order valence-corrected chi connectivity index (χ2v) is 6.18. The summed E-state index contributed by atoms with van der Waals surface area (Å²) in [5.41, 5.74) is 7.28. The Morgan fingerprint density at radius 1 is 1.00 bits per heavy atom. The summed E-state index contributed by atoms with van der Waals surface area (Å²) in [6.45, 7) is 1.87. The molecule has 2 aromatic carbocycles. The molecule has 1 unspecified atom stereocenters. The summed E-state index contributed by atoms with van der Waals surface area (Å²) in [5.74, 6) is -0.938. The highest BCUT2D eigenvalue weighted by Crippen LogP contribution is 2.22. The number of rotatable bonds is 4. The Hall–Kier alpha value is -1.89. The van der Waals surface area contributed by atoms with Gasteiger partial charge in [0.2, 0.25) is 5.91 Å². The van der Waals surface area contributed by atoms with Gasteiger partial charge >= 0.3 is 0 Å². The molecule has 1 amide bonds. The van der Waals surface area contributed by atoms with Gasteiger partial charge in [-0.05, 0) is 17.7 Å². The number of carbonyl (C=O) groups excluding carboxylic acids is 1. The number of nitrogens with two attached hydrogens (primary N) is 1. The van der Waals surface area contributed by atoms with Gasteiger partial charge in [0, 0.05) is 44.7 Å². The van der Waals surface area contributed by atoms with Crippen LogP contribution in [-0.4, -0.2) is 37.0 Å². The fourth-order valence-electron chi connectivity index (χ4n) is 3.06. The third kappa shape index (κ3) is 5.79. The van der Waals surface area contributed by atoms with Gasteiger partial charge in [0.25, 0.3) is 0 Å². The molecule has 1 saturated heterocycles.